The van der Waals surface area contributed by atoms with Gasteiger partial charge in [-0.2, -0.15) is 0 Å². The molecule has 1 amide bonds. The van der Waals surface area contributed by atoms with Crippen molar-refractivity contribution in [2.45, 2.75) is 18.6 Å². The summed E-state index contributed by atoms with van der Waals surface area (Å²) in [5.74, 6) is -0.700. The second-order valence-electron chi connectivity index (χ2n) is 3.91. The van der Waals surface area contributed by atoms with E-state index in [2.05, 4.69) is 26.6 Å². The van der Waals surface area contributed by atoms with Gasteiger partial charge >= 0.3 is 0 Å². The minimum absolute atomic E-state index is 0. The molecule has 1 aliphatic rings. The summed E-state index contributed by atoms with van der Waals surface area (Å²) in [5.41, 5.74) is 0.479. The predicted octanol–water partition coefficient (Wildman–Crippen LogP) is 2.65. The molecule has 0 radical (unpaired) electrons. The molecule has 1 aromatic carbocycles. The number of hydrogen-bond acceptors (Lipinski definition) is 2. The van der Waals surface area contributed by atoms with E-state index in [9.17, 15) is 13.6 Å². The van der Waals surface area contributed by atoms with Crippen LogP contribution >= 0.6 is 28.3 Å². The molecule has 0 saturated carbocycles. The number of nitrogens with one attached hydrogen (secondary N) is 2. The molecule has 1 saturated heterocycles. The lowest BCUT2D eigenvalue weighted by Gasteiger charge is -2.11. The van der Waals surface area contributed by atoms with Gasteiger partial charge < -0.3 is 10.6 Å². The van der Waals surface area contributed by atoms with Gasteiger partial charge in [0.2, 0.25) is 5.91 Å². The molecule has 7 heteroatoms. The summed E-state index contributed by atoms with van der Waals surface area (Å²) < 4.78 is 26.1. The predicted molar refractivity (Wildman–Crippen MR) is 71.3 cm³/mol. The molecule has 2 N–H and O–H groups in total. The fourth-order valence-corrected chi connectivity index (χ4v) is 2.07. The van der Waals surface area contributed by atoms with Gasteiger partial charge in [-0.25, -0.2) is 8.78 Å². The summed E-state index contributed by atoms with van der Waals surface area (Å²) in [7, 11) is 0. The number of anilines is 1. The number of amides is 1. The van der Waals surface area contributed by atoms with E-state index in [1.165, 1.54) is 18.2 Å². The minimum Gasteiger partial charge on any atom is -0.325 e. The summed E-state index contributed by atoms with van der Waals surface area (Å²) >= 11 is 3.03. The molecular weight excluding hydrogens is 329 g/mol. The molecular formula is C11H12BrClF2N2O. The van der Waals surface area contributed by atoms with Crippen LogP contribution in [0.1, 0.15) is 6.42 Å². The van der Waals surface area contributed by atoms with Crippen LogP contribution in [-0.2, 0) is 4.79 Å². The van der Waals surface area contributed by atoms with Crippen LogP contribution in [-0.4, -0.2) is 24.7 Å². The maximum Gasteiger partial charge on any atom is 0.241 e. The van der Waals surface area contributed by atoms with E-state index in [-0.39, 0.29) is 35.8 Å². The van der Waals surface area contributed by atoms with Crippen molar-refractivity contribution >= 4 is 39.9 Å². The Balaban J connectivity index is 0.00000162. The normalized spacial score (nSPS) is 22.4. The summed E-state index contributed by atoms with van der Waals surface area (Å²) in [6.07, 6.45) is -0.806. The van der Waals surface area contributed by atoms with Crippen LogP contribution in [0.3, 0.4) is 0 Å². The van der Waals surface area contributed by atoms with Crippen LogP contribution in [0.25, 0.3) is 0 Å². The highest BCUT2D eigenvalue weighted by Crippen LogP contribution is 2.20. The van der Waals surface area contributed by atoms with Crippen molar-refractivity contribution in [3.05, 3.63) is 28.5 Å². The molecule has 2 atom stereocenters. The Morgan fingerprint density at radius 3 is 2.78 bits per heavy atom. The average molecular weight is 342 g/mol. The fourth-order valence-electron chi connectivity index (χ4n) is 1.70. The molecule has 0 aliphatic carbocycles. The van der Waals surface area contributed by atoms with E-state index in [4.69, 9.17) is 0 Å². The van der Waals surface area contributed by atoms with Crippen LogP contribution in [0, 0.1) is 5.82 Å². The van der Waals surface area contributed by atoms with E-state index in [1.54, 1.807) is 0 Å². The fraction of sp³-hybridized carbons (Fsp3) is 0.364. The van der Waals surface area contributed by atoms with Gasteiger partial charge in [0, 0.05) is 18.7 Å². The van der Waals surface area contributed by atoms with Crippen molar-refractivity contribution in [3.63, 3.8) is 0 Å². The standard InChI is InChI=1S/C11H11BrF2N2O.ClH/c12-8-4-7(1-2-9(8)14)16-11(17)10-3-6(13)5-15-10;/h1-2,4,6,10,15H,3,5H2,(H,16,17);1H/t6-,10+;/m1./s1. The zero-order valence-corrected chi connectivity index (χ0v) is 11.7. The van der Waals surface area contributed by atoms with Gasteiger partial charge in [-0.3, -0.25) is 4.79 Å². The molecule has 1 fully saturated rings. The molecule has 100 valence electrons. The van der Waals surface area contributed by atoms with Crippen LogP contribution in [0.15, 0.2) is 22.7 Å². The number of benzene rings is 1. The molecule has 0 bridgehead atoms. The molecule has 0 aromatic heterocycles. The molecule has 1 aliphatic heterocycles. The lowest BCUT2D eigenvalue weighted by molar-refractivity contribution is -0.117. The summed E-state index contributed by atoms with van der Waals surface area (Å²) in [5, 5.41) is 5.39. The van der Waals surface area contributed by atoms with E-state index in [1.807, 2.05) is 0 Å². The molecule has 0 spiro atoms. The molecule has 0 unspecified atom stereocenters. The highest BCUT2D eigenvalue weighted by atomic mass is 79.9. The van der Waals surface area contributed by atoms with Crippen LogP contribution in [0.2, 0.25) is 0 Å². The van der Waals surface area contributed by atoms with Gasteiger partial charge in [-0.15, -0.1) is 12.4 Å². The Labute approximate surface area is 118 Å². The Hall–Kier alpha value is -0.720. The van der Waals surface area contributed by atoms with Gasteiger partial charge in [0.1, 0.15) is 12.0 Å². The third-order valence-corrected chi connectivity index (χ3v) is 3.19. The second-order valence-corrected chi connectivity index (χ2v) is 4.77. The Kier molecular flexibility index (Phi) is 5.49. The quantitative estimate of drug-likeness (QED) is 0.868. The van der Waals surface area contributed by atoms with Gasteiger partial charge in [-0.1, -0.05) is 0 Å². The van der Waals surface area contributed by atoms with E-state index < -0.39 is 18.0 Å². The maximum absolute atomic E-state index is 13.0. The average Bonchev–Trinajstić information content (AvgIpc) is 2.70. The van der Waals surface area contributed by atoms with E-state index in [0.29, 0.717) is 5.69 Å². The summed E-state index contributed by atoms with van der Waals surface area (Å²) in [6, 6.07) is 3.66. The van der Waals surface area contributed by atoms with Gasteiger partial charge in [-0.05, 0) is 34.1 Å². The first-order chi connectivity index (χ1) is 8.06. The van der Waals surface area contributed by atoms with Crippen LogP contribution < -0.4 is 10.6 Å². The molecule has 3 nitrogen and oxygen atoms in total. The van der Waals surface area contributed by atoms with Crippen LogP contribution in [0.4, 0.5) is 14.5 Å². The summed E-state index contributed by atoms with van der Waals surface area (Å²) in [4.78, 5) is 11.7. The Morgan fingerprint density at radius 2 is 2.22 bits per heavy atom. The van der Waals surface area contributed by atoms with Crippen molar-refractivity contribution in [3.8, 4) is 0 Å². The first-order valence-corrected chi connectivity index (χ1v) is 5.99. The number of alkyl halides is 1. The lowest BCUT2D eigenvalue weighted by atomic mass is 10.2. The highest BCUT2D eigenvalue weighted by Gasteiger charge is 2.29. The Bertz CT molecular complexity index is 447. The number of hydrogen-bond donors (Lipinski definition) is 2. The van der Waals surface area contributed by atoms with Crippen molar-refractivity contribution in [2.24, 2.45) is 0 Å². The summed E-state index contributed by atoms with van der Waals surface area (Å²) in [6.45, 7) is 0.200. The minimum atomic E-state index is -0.981. The smallest absolute Gasteiger partial charge is 0.241 e. The number of halogens is 4. The van der Waals surface area contributed by atoms with Crippen LogP contribution in [0.5, 0.6) is 0 Å². The highest BCUT2D eigenvalue weighted by molar-refractivity contribution is 9.10. The van der Waals surface area contributed by atoms with Crippen molar-refractivity contribution in [1.82, 2.24) is 5.32 Å². The van der Waals surface area contributed by atoms with Crippen molar-refractivity contribution < 1.29 is 13.6 Å². The number of rotatable bonds is 2. The Morgan fingerprint density at radius 1 is 1.50 bits per heavy atom. The first kappa shape index (κ1) is 15.3. The zero-order chi connectivity index (χ0) is 12.4. The molecule has 18 heavy (non-hydrogen) atoms. The SMILES string of the molecule is Cl.O=C(Nc1ccc(F)c(Br)c1)[C@@H]1C[C@@H](F)CN1. The molecule has 1 heterocycles. The van der Waals surface area contributed by atoms with Gasteiger partial charge in [0.15, 0.2) is 0 Å². The number of carbonyl (C=O) groups is 1. The first-order valence-electron chi connectivity index (χ1n) is 5.19. The maximum atomic E-state index is 13.0. The third-order valence-electron chi connectivity index (χ3n) is 2.58. The topological polar surface area (TPSA) is 41.1 Å². The zero-order valence-electron chi connectivity index (χ0n) is 9.25. The molecule has 2 rings (SSSR count). The monoisotopic (exact) mass is 340 g/mol. The number of carbonyl (C=O) groups excluding carboxylic acids is 1. The van der Waals surface area contributed by atoms with E-state index >= 15 is 0 Å². The second kappa shape index (κ2) is 6.45. The largest absolute Gasteiger partial charge is 0.325 e. The molecule has 1 aromatic rings. The van der Waals surface area contributed by atoms with Gasteiger partial charge in [0.05, 0.1) is 10.5 Å². The third kappa shape index (κ3) is 3.63. The van der Waals surface area contributed by atoms with Crippen molar-refractivity contribution in [1.29, 1.82) is 0 Å². The van der Waals surface area contributed by atoms with Gasteiger partial charge in [0.25, 0.3) is 0 Å². The lowest BCUT2D eigenvalue weighted by Crippen LogP contribution is -2.35. The van der Waals surface area contributed by atoms with Crippen molar-refractivity contribution in [2.75, 3.05) is 11.9 Å². The van der Waals surface area contributed by atoms with E-state index in [0.717, 1.165) is 0 Å².